The molecular formula is C17H33N3O. The van der Waals surface area contributed by atoms with Gasteiger partial charge >= 0.3 is 0 Å². The molecule has 3 atom stereocenters. The van der Waals surface area contributed by atoms with Crippen molar-refractivity contribution in [3.8, 4) is 0 Å². The predicted molar refractivity (Wildman–Crippen MR) is 87.1 cm³/mol. The van der Waals surface area contributed by atoms with Crippen LogP contribution in [-0.2, 0) is 4.79 Å². The minimum atomic E-state index is -0.320. The van der Waals surface area contributed by atoms with Crippen LogP contribution < -0.4 is 11.1 Å². The Morgan fingerprint density at radius 2 is 2.05 bits per heavy atom. The molecule has 2 fully saturated rings. The van der Waals surface area contributed by atoms with Crippen molar-refractivity contribution in [1.29, 1.82) is 0 Å². The molecule has 0 radical (unpaired) electrons. The van der Waals surface area contributed by atoms with Crippen LogP contribution in [0.5, 0.6) is 0 Å². The Bertz CT molecular complexity index is 343. The summed E-state index contributed by atoms with van der Waals surface area (Å²) in [5, 5.41) is 3.14. The molecule has 0 spiro atoms. The van der Waals surface area contributed by atoms with Crippen molar-refractivity contribution in [3.63, 3.8) is 0 Å². The van der Waals surface area contributed by atoms with E-state index in [1.807, 2.05) is 6.92 Å². The van der Waals surface area contributed by atoms with Gasteiger partial charge in [0.2, 0.25) is 5.91 Å². The SMILES string of the molecule is CCC1CCCCN1CCNC(=O)C1CCCCC1(C)N. The van der Waals surface area contributed by atoms with E-state index in [1.165, 1.54) is 32.2 Å². The molecule has 0 aromatic carbocycles. The van der Waals surface area contributed by atoms with Gasteiger partial charge in [-0.15, -0.1) is 0 Å². The van der Waals surface area contributed by atoms with E-state index < -0.39 is 0 Å². The van der Waals surface area contributed by atoms with Crippen molar-refractivity contribution in [2.75, 3.05) is 19.6 Å². The number of hydrogen-bond acceptors (Lipinski definition) is 3. The van der Waals surface area contributed by atoms with E-state index in [4.69, 9.17) is 5.73 Å². The zero-order valence-corrected chi connectivity index (χ0v) is 13.9. The van der Waals surface area contributed by atoms with E-state index >= 15 is 0 Å². The van der Waals surface area contributed by atoms with Crippen molar-refractivity contribution in [2.24, 2.45) is 11.7 Å². The Morgan fingerprint density at radius 1 is 1.29 bits per heavy atom. The monoisotopic (exact) mass is 295 g/mol. The molecule has 0 aromatic rings. The number of carbonyl (C=O) groups is 1. The number of nitrogens with one attached hydrogen (secondary N) is 1. The highest BCUT2D eigenvalue weighted by Crippen LogP contribution is 2.31. The van der Waals surface area contributed by atoms with E-state index in [0.29, 0.717) is 6.04 Å². The van der Waals surface area contributed by atoms with Crippen molar-refractivity contribution < 1.29 is 4.79 Å². The summed E-state index contributed by atoms with van der Waals surface area (Å²) in [7, 11) is 0. The highest BCUT2D eigenvalue weighted by molar-refractivity contribution is 5.80. The van der Waals surface area contributed by atoms with Gasteiger partial charge in [-0.1, -0.05) is 26.2 Å². The van der Waals surface area contributed by atoms with Crippen molar-refractivity contribution in [1.82, 2.24) is 10.2 Å². The van der Waals surface area contributed by atoms with Crippen LogP contribution in [-0.4, -0.2) is 42.0 Å². The standard InChI is InChI=1S/C17H33N3O/c1-3-14-8-5-7-12-20(14)13-11-19-16(21)15-9-4-6-10-17(15,2)18/h14-15H,3-13,18H2,1-2H3,(H,19,21). The molecule has 1 heterocycles. The van der Waals surface area contributed by atoms with Crippen LogP contribution >= 0.6 is 0 Å². The predicted octanol–water partition coefficient (Wildman–Crippen LogP) is 2.27. The second kappa shape index (κ2) is 7.59. The third kappa shape index (κ3) is 4.43. The van der Waals surface area contributed by atoms with Gasteiger partial charge in [-0.05, 0) is 45.6 Å². The van der Waals surface area contributed by atoms with Crippen LogP contribution in [0.15, 0.2) is 0 Å². The Hall–Kier alpha value is -0.610. The fraction of sp³-hybridized carbons (Fsp3) is 0.941. The van der Waals surface area contributed by atoms with Gasteiger partial charge in [-0.25, -0.2) is 0 Å². The third-order valence-electron chi connectivity index (χ3n) is 5.49. The molecule has 1 saturated carbocycles. The highest BCUT2D eigenvalue weighted by Gasteiger charge is 2.37. The summed E-state index contributed by atoms with van der Waals surface area (Å²) in [4.78, 5) is 14.9. The van der Waals surface area contributed by atoms with Gasteiger partial charge in [-0.2, -0.15) is 0 Å². The fourth-order valence-electron chi connectivity index (χ4n) is 4.05. The number of nitrogens with zero attached hydrogens (tertiary/aromatic N) is 1. The highest BCUT2D eigenvalue weighted by atomic mass is 16.1. The summed E-state index contributed by atoms with van der Waals surface area (Å²) < 4.78 is 0. The number of nitrogens with two attached hydrogens (primary N) is 1. The number of amides is 1. The summed E-state index contributed by atoms with van der Waals surface area (Å²) in [6, 6.07) is 0.713. The molecule has 0 aromatic heterocycles. The quantitative estimate of drug-likeness (QED) is 0.818. The first-order valence-corrected chi connectivity index (χ1v) is 8.85. The molecule has 3 N–H and O–H groups in total. The Kier molecular flexibility index (Phi) is 6.06. The maximum atomic E-state index is 12.4. The molecular weight excluding hydrogens is 262 g/mol. The van der Waals surface area contributed by atoms with Crippen LogP contribution in [0.2, 0.25) is 0 Å². The van der Waals surface area contributed by atoms with Gasteiger partial charge in [0.05, 0.1) is 5.92 Å². The second-order valence-corrected chi connectivity index (χ2v) is 7.19. The molecule has 3 unspecified atom stereocenters. The van der Waals surface area contributed by atoms with Crippen molar-refractivity contribution in [2.45, 2.75) is 76.8 Å². The molecule has 21 heavy (non-hydrogen) atoms. The average Bonchev–Trinajstić information content (AvgIpc) is 2.47. The lowest BCUT2D eigenvalue weighted by molar-refractivity contribution is -0.128. The molecule has 2 aliphatic rings. The molecule has 1 saturated heterocycles. The Labute approximate surface area is 129 Å². The van der Waals surface area contributed by atoms with E-state index in [2.05, 4.69) is 17.1 Å². The average molecular weight is 295 g/mol. The maximum absolute atomic E-state index is 12.4. The number of piperidine rings is 1. The van der Waals surface area contributed by atoms with Crippen molar-refractivity contribution in [3.05, 3.63) is 0 Å². The lowest BCUT2D eigenvalue weighted by atomic mass is 9.74. The first-order chi connectivity index (χ1) is 10.0. The van der Waals surface area contributed by atoms with Gasteiger partial charge < -0.3 is 11.1 Å². The number of hydrogen-bond donors (Lipinski definition) is 2. The lowest BCUT2D eigenvalue weighted by Gasteiger charge is -2.38. The molecule has 0 bridgehead atoms. The van der Waals surface area contributed by atoms with Crippen molar-refractivity contribution >= 4 is 5.91 Å². The zero-order valence-electron chi connectivity index (χ0n) is 13.9. The third-order valence-corrected chi connectivity index (χ3v) is 5.49. The van der Waals surface area contributed by atoms with E-state index in [0.717, 1.165) is 38.8 Å². The first-order valence-electron chi connectivity index (χ1n) is 8.85. The van der Waals surface area contributed by atoms with E-state index in [1.54, 1.807) is 0 Å². The minimum absolute atomic E-state index is 0.00502. The Morgan fingerprint density at radius 3 is 2.76 bits per heavy atom. The minimum Gasteiger partial charge on any atom is -0.355 e. The molecule has 122 valence electrons. The first kappa shape index (κ1) is 16.8. The largest absolute Gasteiger partial charge is 0.355 e. The fourth-order valence-corrected chi connectivity index (χ4v) is 4.05. The molecule has 4 nitrogen and oxygen atoms in total. The van der Waals surface area contributed by atoms with Crippen LogP contribution in [0.1, 0.15) is 65.2 Å². The van der Waals surface area contributed by atoms with Gasteiger partial charge in [0.25, 0.3) is 0 Å². The second-order valence-electron chi connectivity index (χ2n) is 7.19. The van der Waals surface area contributed by atoms with Crippen LogP contribution in [0.3, 0.4) is 0 Å². The summed E-state index contributed by atoms with van der Waals surface area (Å²) in [6.45, 7) is 7.24. The smallest absolute Gasteiger partial charge is 0.225 e. The lowest BCUT2D eigenvalue weighted by Crippen LogP contribution is -2.53. The molecule has 1 aliphatic carbocycles. The molecule has 4 heteroatoms. The molecule has 2 rings (SSSR count). The molecule has 1 aliphatic heterocycles. The summed E-state index contributed by atoms with van der Waals surface area (Å²) in [5.41, 5.74) is 5.99. The summed E-state index contributed by atoms with van der Waals surface area (Å²) in [5.74, 6) is 0.166. The van der Waals surface area contributed by atoms with Gasteiger partial charge in [-0.3, -0.25) is 9.69 Å². The number of carbonyl (C=O) groups excluding carboxylic acids is 1. The zero-order chi connectivity index (χ0) is 15.3. The Balaban J connectivity index is 1.76. The summed E-state index contributed by atoms with van der Waals surface area (Å²) in [6.07, 6.45) is 9.39. The van der Waals surface area contributed by atoms with Crippen LogP contribution in [0, 0.1) is 5.92 Å². The maximum Gasteiger partial charge on any atom is 0.225 e. The van der Waals surface area contributed by atoms with E-state index in [-0.39, 0.29) is 17.4 Å². The van der Waals surface area contributed by atoms with E-state index in [9.17, 15) is 4.79 Å². The van der Waals surface area contributed by atoms with Crippen LogP contribution in [0.25, 0.3) is 0 Å². The van der Waals surface area contributed by atoms with Gasteiger partial charge in [0.15, 0.2) is 0 Å². The topological polar surface area (TPSA) is 58.4 Å². The normalized spacial score (nSPS) is 34.6. The number of rotatable bonds is 5. The number of likely N-dealkylation sites (tertiary alicyclic amines) is 1. The van der Waals surface area contributed by atoms with Gasteiger partial charge in [0.1, 0.15) is 0 Å². The molecule has 1 amide bonds. The van der Waals surface area contributed by atoms with Crippen LogP contribution in [0.4, 0.5) is 0 Å². The summed E-state index contributed by atoms with van der Waals surface area (Å²) >= 11 is 0. The van der Waals surface area contributed by atoms with Gasteiger partial charge in [0, 0.05) is 24.7 Å².